The Kier molecular flexibility index (Phi) is 5.77. The van der Waals surface area contributed by atoms with Crippen LogP contribution >= 0.6 is 0 Å². The molecule has 0 unspecified atom stereocenters. The number of benzene rings is 2. The quantitative estimate of drug-likeness (QED) is 0.460. The Hall–Kier alpha value is -3.93. The fourth-order valence-electron chi connectivity index (χ4n) is 3.65. The molecule has 0 fully saturated rings. The molecule has 0 aliphatic rings. The lowest BCUT2D eigenvalue weighted by atomic mass is 10.0. The zero-order chi connectivity index (χ0) is 22.8. The molecule has 0 spiro atoms. The number of aryl methyl sites for hydroxylation is 3. The van der Waals surface area contributed by atoms with Gasteiger partial charge in [-0.05, 0) is 79.9 Å². The summed E-state index contributed by atoms with van der Waals surface area (Å²) in [6, 6.07) is 16.9. The van der Waals surface area contributed by atoms with Crippen LogP contribution in [0.2, 0.25) is 0 Å². The zero-order valence-electron chi connectivity index (χ0n) is 18.6. The number of nitrogens with one attached hydrogen (secondary N) is 1. The number of ether oxygens (including phenoxy) is 1. The van der Waals surface area contributed by atoms with Crippen LogP contribution in [0.3, 0.4) is 0 Å². The maximum Gasteiger partial charge on any atom is 0.337 e. The number of hydrogen-bond donors (Lipinski definition) is 1. The average molecular weight is 428 g/mol. The van der Waals surface area contributed by atoms with Gasteiger partial charge in [-0.1, -0.05) is 12.1 Å². The van der Waals surface area contributed by atoms with Gasteiger partial charge in [0.15, 0.2) is 0 Å². The molecule has 162 valence electrons. The molecule has 1 amide bonds. The van der Waals surface area contributed by atoms with Crippen LogP contribution in [-0.4, -0.2) is 28.4 Å². The first-order valence-electron chi connectivity index (χ1n) is 10.4. The Balaban J connectivity index is 1.66. The lowest BCUT2D eigenvalue weighted by Crippen LogP contribution is -2.16. The van der Waals surface area contributed by atoms with E-state index in [9.17, 15) is 9.59 Å². The molecule has 6 nitrogen and oxygen atoms in total. The van der Waals surface area contributed by atoms with Gasteiger partial charge in [0, 0.05) is 17.4 Å². The summed E-state index contributed by atoms with van der Waals surface area (Å²) in [5, 5.41) is 2.91. The minimum atomic E-state index is -0.415. The van der Waals surface area contributed by atoms with E-state index in [1.165, 1.54) is 18.2 Å². The minimum absolute atomic E-state index is 0.158. The fourth-order valence-corrected chi connectivity index (χ4v) is 3.65. The second-order valence-electron chi connectivity index (χ2n) is 7.93. The normalized spacial score (nSPS) is 10.9. The summed E-state index contributed by atoms with van der Waals surface area (Å²) in [5.74, 6) is -0.579. The van der Waals surface area contributed by atoms with Gasteiger partial charge < -0.3 is 14.5 Å². The number of hydrogen-bond acceptors (Lipinski definition) is 4. The zero-order valence-corrected chi connectivity index (χ0v) is 18.6. The number of amides is 1. The molecule has 0 aliphatic heterocycles. The molecule has 4 rings (SSSR count). The number of esters is 1. The molecule has 6 heteroatoms. The number of methoxy groups -OCH3 is 1. The van der Waals surface area contributed by atoms with Crippen LogP contribution in [0.5, 0.6) is 0 Å². The second kappa shape index (κ2) is 8.67. The summed E-state index contributed by atoms with van der Waals surface area (Å²) in [6.45, 7) is 6.17. The smallest absolute Gasteiger partial charge is 0.337 e. The molecule has 4 aromatic rings. The Morgan fingerprint density at radius 3 is 2.41 bits per heavy atom. The van der Waals surface area contributed by atoms with E-state index in [0.29, 0.717) is 11.3 Å². The van der Waals surface area contributed by atoms with Crippen LogP contribution in [0.4, 0.5) is 5.69 Å². The predicted octanol–water partition coefficient (Wildman–Crippen LogP) is 4.89. The standard InChI is InChI=1S/C26H25N3O3/c1-16-11-12-29-22(15-24(30)27-21-9-7-19(8-10-21)26(31)32-4)25(28-23(29)13-16)20-6-5-17(2)18(3)14-20/h5-14H,15H2,1-4H3,(H,27,30). The number of carbonyl (C=O) groups excluding carboxylic acids is 2. The second-order valence-corrected chi connectivity index (χ2v) is 7.93. The molecule has 0 radical (unpaired) electrons. The molecule has 0 aliphatic carbocycles. The van der Waals surface area contributed by atoms with E-state index in [1.54, 1.807) is 24.3 Å². The Morgan fingerprint density at radius 1 is 0.969 bits per heavy atom. The molecule has 32 heavy (non-hydrogen) atoms. The minimum Gasteiger partial charge on any atom is -0.465 e. The van der Waals surface area contributed by atoms with E-state index >= 15 is 0 Å². The topological polar surface area (TPSA) is 72.7 Å². The van der Waals surface area contributed by atoms with E-state index < -0.39 is 5.97 Å². The van der Waals surface area contributed by atoms with Crippen LogP contribution < -0.4 is 5.32 Å². The van der Waals surface area contributed by atoms with E-state index in [-0.39, 0.29) is 12.3 Å². The number of aromatic nitrogens is 2. The first kappa shape index (κ1) is 21.3. The summed E-state index contributed by atoms with van der Waals surface area (Å²) in [6.07, 6.45) is 2.11. The fraction of sp³-hybridized carbons (Fsp3) is 0.192. The van der Waals surface area contributed by atoms with E-state index in [1.807, 2.05) is 35.7 Å². The molecule has 2 aromatic carbocycles. The van der Waals surface area contributed by atoms with Crippen molar-refractivity contribution >= 4 is 23.2 Å². The molecular formula is C26H25N3O3. The maximum atomic E-state index is 12.9. The monoisotopic (exact) mass is 427 g/mol. The van der Waals surface area contributed by atoms with Gasteiger partial charge in [0.2, 0.25) is 5.91 Å². The van der Waals surface area contributed by atoms with Gasteiger partial charge in [-0.15, -0.1) is 0 Å². The lowest BCUT2D eigenvalue weighted by Gasteiger charge is -2.09. The van der Waals surface area contributed by atoms with Gasteiger partial charge in [0.1, 0.15) is 5.65 Å². The van der Waals surface area contributed by atoms with Crippen molar-refractivity contribution in [2.45, 2.75) is 27.2 Å². The van der Waals surface area contributed by atoms with Gasteiger partial charge in [-0.3, -0.25) is 4.79 Å². The number of nitrogens with zero attached hydrogens (tertiary/aromatic N) is 2. The predicted molar refractivity (Wildman–Crippen MR) is 125 cm³/mol. The number of pyridine rings is 1. The maximum absolute atomic E-state index is 12.9. The van der Waals surface area contributed by atoms with E-state index in [0.717, 1.165) is 28.2 Å². The van der Waals surface area contributed by atoms with Crippen molar-refractivity contribution in [3.05, 3.63) is 88.7 Å². The van der Waals surface area contributed by atoms with Crippen LogP contribution in [0, 0.1) is 20.8 Å². The van der Waals surface area contributed by atoms with Crippen molar-refractivity contribution in [2.75, 3.05) is 12.4 Å². The third-order valence-electron chi connectivity index (χ3n) is 5.58. The number of imidazole rings is 1. The Morgan fingerprint density at radius 2 is 1.72 bits per heavy atom. The number of rotatable bonds is 5. The van der Waals surface area contributed by atoms with Crippen molar-refractivity contribution in [1.29, 1.82) is 0 Å². The highest BCUT2D eigenvalue weighted by molar-refractivity contribution is 5.94. The molecule has 0 atom stereocenters. The van der Waals surface area contributed by atoms with Crippen molar-refractivity contribution < 1.29 is 14.3 Å². The first-order valence-corrected chi connectivity index (χ1v) is 10.4. The highest BCUT2D eigenvalue weighted by Crippen LogP contribution is 2.27. The van der Waals surface area contributed by atoms with E-state index in [2.05, 4.69) is 31.3 Å². The summed E-state index contributed by atoms with van der Waals surface area (Å²) in [5.41, 5.74) is 7.96. The van der Waals surface area contributed by atoms with Gasteiger partial charge in [0.25, 0.3) is 0 Å². The molecular weight excluding hydrogens is 402 g/mol. The van der Waals surface area contributed by atoms with Crippen LogP contribution in [-0.2, 0) is 16.0 Å². The molecule has 0 saturated heterocycles. The molecule has 2 aromatic heterocycles. The first-order chi connectivity index (χ1) is 15.4. The summed E-state index contributed by atoms with van der Waals surface area (Å²) in [7, 11) is 1.34. The van der Waals surface area contributed by atoms with Crippen LogP contribution in [0.25, 0.3) is 16.9 Å². The summed E-state index contributed by atoms with van der Waals surface area (Å²) in [4.78, 5) is 29.4. The average Bonchev–Trinajstić information content (AvgIpc) is 3.12. The number of carbonyl (C=O) groups is 2. The van der Waals surface area contributed by atoms with E-state index in [4.69, 9.17) is 9.72 Å². The Labute approximate surface area is 186 Å². The largest absolute Gasteiger partial charge is 0.465 e. The van der Waals surface area contributed by atoms with Crippen LogP contribution in [0.15, 0.2) is 60.8 Å². The summed E-state index contributed by atoms with van der Waals surface area (Å²) < 4.78 is 6.68. The van der Waals surface area contributed by atoms with Gasteiger partial charge >= 0.3 is 5.97 Å². The molecule has 2 heterocycles. The molecule has 1 N–H and O–H groups in total. The highest BCUT2D eigenvalue weighted by Gasteiger charge is 2.18. The van der Waals surface area contributed by atoms with Gasteiger partial charge in [-0.2, -0.15) is 0 Å². The van der Waals surface area contributed by atoms with Crippen molar-refractivity contribution in [3.8, 4) is 11.3 Å². The third kappa shape index (κ3) is 4.25. The highest BCUT2D eigenvalue weighted by atomic mass is 16.5. The molecule has 0 bridgehead atoms. The summed E-state index contributed by atoms with van der Waals surface area (Å²) >= 11 is 0. The van der Waals surface area contributed by atoms with Crippen molar-refractivity contribution in [2.24, 2.45) is 0 Å². The molecule has 0 saturated carbocycles. The third-order valence-corrected chi connectivity index (χ3v) is 5.58. The van der Waals surface area contributed by atoms with Crippen molar-refractivity contribution in [3.63, 3.8) is 0 Å². The van der Waals surface area contributed by atoms with Gasteiger partial charge in [0.05, 0.1) is 30.5 Å². The number of anilines is 1. The van der Waals surface area contributed by atoms with Crippen molar-refractivity contribution in [1.82, 2.24) is 9.38 Å². The Bertz CT molecular complexity index is 1320. The van der Waals surface area contributed by atoms with Crippen LogP contribution in [0.1, 0.15) is 32.7 Å². The number of fused-ring (bicyclic) bond motifs is 1. The lowest BCUT2D eigenvalue weighted by molar-refractivity contribution is -0.115. The van der Waals surface area contributed by atoms with Gasteiger partial charge in [-0.25, -0.2) is 9.78 Å². The SMILES string of the molecule is COC(=O)c1ccc(NC(=O)Cc2c(-c3ccc(C)c(C)c3)nc3cc(C)ccn23)cc1.